The molecular formula is C24H25F3N4O3. The van der Waals surface area contributed by atoms with Crippen LogP contribution in [0.2, 0.25) is 0 Å². The minimum Gasteiger partial charge on any atom is -0.406 e. The van der Waals surface area contributed by atoms with Crippen molar-refractivity contribution < 1.29 is 27.5 Å². The van der Waals surface area contributed by atoms with Crippen LogP contribution in [-0.4, -0.2) is 41.9 Å². The van der Waals surface area contributed by atoms with Crippen molar-refractivity contribution in [3.63, 3.8) is 0 Å². The van der Waals surface area contributed by atoms with E-state index in [1.165, 1.54) is 23.2 Å². The lowest BCUT2D eigenvalue weighted by atomic mass is 9.79. The number of ether oxygens (including phenoxy) is 1. The van der Waals surface area contributed by atoms with Crippen LogP contribution in [-0.2, 0) is 4.79 Å². The molecular weight excluding hydrogens is 449 g/mol. The molecule has 34 heavy (non-hydrogen) atoms. The topological polar surface area (TPSA) is 109 Å². The summed E-state index contributed by atoms with van der Waals surface area (Å²) in [6.07, 6.45) is -2.69. The lowest BCUT2D eigenvalue weighted by Crippen LogP contribution is -2.53. The number of rotatable bonds is 7. The Morgan fingerprint density at radius 2 is 1.94 bits per heavy atom. The number of carbonyl (C=O) groups excluding carboxylic acids is 2. The SMILES string of the molecule is CC(C)CN1C(=O)c2ccccc2[C@@H](C(=O)Nc2cccc(OC(F)(F)F)c2)[C@@H]1/C(C=N)=C/N. The van der Waals surface area contributed by atoms with E-state index in [0.29, 0.717) is 17.7 Å². The van der Waals surface area contributed by atoms with Gasteiger partial charge in [0.05, 0.1) is 12.0 Å². The second-order valence-corrected chi connectivity index (χ2v) is 8.24. The zero-order chi connectivity index (χ0) is 25.0. The molecule has 7 nitrogen and oxygen atoms in total. The molecule has 1 aliphatic rings. The number of nitrogens with two attached hydrogens (primary N) is 1. The second kappa shape index (κ2) is 9.98. The minimum absolute atomic E-state index is 0.0568. The van der Waals surface area contributed by atoms with E-state index in [-0.39, 0.29) is 23.1 Å². The quantitative estimate of drug-likeness (QED) is 0.521. The van der Waals surface area contributed by atoms with Crippen LogP contribution in [0, 0.1) is 11.3 Å². The van der Waals surface area contributed by atoms with Crippen LogP contribution in [0.1, 0.15) is 35.7 Å². The number of nitrogens with zero attached hydrogens (tertiary/aromatic N) is 1. The van der Waals surface area contributed by atoms with Crippen LogP contribution in [0.15, 0.2) is 60.3 Å². The summed E-state index contributed by atoms with van der Waals surface area (Å²) in [4.78, 5) is 28.4. The molecule has 180 valence electrons. The van der Waals surface area contributed by atoms with E-state index in [1.807, 2.05) is 13.8 Å². The third kappa shape index (κ3) is 5.38. The number of hydrogen-bond donors (Lipinski definition) is 3. The van der Waals surface area contributed by atoms with Gasteiger partial charge >= 0.3 is 6.36 Å². The highest BCUT2D eigenvalue weighted by Gasteiger charge is 2.44. The van der Waals surface area contributed by atoms with Gasteiger partial charge in [-0.05, 0) is 29.7 Å². The Kier molecular flexibility index (Phi) is 7.29. The van der Waals surface area contributed by atoms with Crippen LogP contribution in [0.25, 0.3) is 0 Å². The summed E-state index contributed by atoms with van der Waals surface area (Å²) in [7, 11) is 0. The molecule has 1 heterocycles. The number of carbonyl (C=O) groups is 2. The van der Waals surface area contributed by atoms with Crippen molar-refractivity contribution in [2.45, 2.75) is 32.2 Å². The van der Waals surface area contributed by atoms with Crippen molar-refractivity contribution in [1.29, 1.82) is 5.41 Å². The van der Waals surface area contributed by atoms with Crippen molar-refractivity contribution in [3.8, 4) is 5.75 Å². The summed E-state index contributed by atoms with van der Waals surface area (Å²) in [5.41, 5.74) is 6.89. The van der Waals surface area contributed by atoms with Gasteiger partial charge in [-0.25, -0.2) is 0 Å². The first kappa shape index (κ1) is 24.8. The zero-order valence-electron chi connectivity index (χ0n) is 18.6. The van der Waals surface area contributed by atoms with E-state index >= 15 is 0 Å². The molecule has 0 saturated carbocycles. The van der Waals surface area contributed by atoms with Gasteiger partial charge in [0.1, 0.15) is 5.75 Å². The Morgan fingerprint density at radius 3 is 2.56 bits per heavy atom. The minimum atomic E-state index is -4.88. The van der Waals surface area contributed by atoms with Gasteiger partial charge in [0.15, 0.2) is 0 Å². The molecule has 0 bridgehead atoms. The largest absolute Gasteiger partial charge is 0.573 e. The molecule has 0 saturated heterocycles. The summed E-state index contributed by atoms with van der Waals surface area (Å²) in [6, 6.07) is 10.7. The highest BCUT2D eigenvalue weighted by molar-refractivity contribution is 6.05. The van der Waals surface area contributed by atoms with E-state index in [1.54, 1.807) is 24.3 Å². The Morgan fingerprint density at radius 1 is 1.24 bits per heavy atom. The first-order chi connectivity index (χ1) is 16.1. The highest BCUT2D eigenvalue weighted by Crippen LogP contribution is 2.38. The predicted octanol–water partition coefficient (Wildman–Crippen LogP) is 4.28. The molecule has 0 aromatic heterocycles. The zero-order valence-corrected chi connectivity index (χ0v) is 18.6. The van der Waals surface area contributed by atoms with Crippen LogP contribution in [0.3, 0.4) is 0 Å². The third-order valence-corrected chi connectivity index (χ3v) is 5.32. The molecule has 2 aromatic rings. The summed E-state index contributed by atoms with van der Waals surface area (Å²) in [5, 5.41) is 10.4. The highest BCUT2D eigenvalue weighted by atomic mass is 19.4. The Bertz CT molecular complexity index is 1110. The predicted molar refractivity (Wildman–Crippen MR) is 122 cm³/mol. The number of alkyl halides is 3. The monoisotopic (exact) mass is 474 g/mol. The van der Waals surface area contributed by atoms with Crippen molar-refractivity contribution >= 4 is 23.7 Å². The maximum absolute atomic E-state index is 13.6. The molecule has 0 unspecified atom stereocenters. The van der Waals surface area contributed by atoms with Crippen LogP contribution < -0.4 is 15.8 Å². The number of amides is 2. The summed E-state index contributed by atoms with van der Waals surface area (Å²) < 4.78 is 41.8. The van der Waals surface area contributed by atoms with E-state index in [4.69, 9.17) is 11.1 Å². The van der Waals surface area contributed by atoms with E-state index in [2.05, 4.69) is 10.1 Å². The van der Waals surface area contributed by atoms with Crippen LogP contribution >= 0.6 is 0 Å². The normalized spacial score (nSPS) is 18.5. The van der Waals surface area contributed by atoms with Crippen molar-refractivity contribution in [2.24, 2.45) is 11.7 Å². The lowest BCUT2D eigenvalue weighted by Gasteiger charge is -2.42. The van der Waals surface area contributed by atoms with Gasteiger partial charge in [-0.2, -0.15) is 0 Å². The molecule has 2 aromatic carbocycles. The smallest absolute Gasteiger partial charge is 0.406 e. The molecule has 4 N–H and O–H groups in total. The molecule has 0 fully saturated rings. The number of halogens is 3. The van der Waals surface area contributed by atoms with Crippen molar-refractivity contribution in [3.05, 3.63) is 71.4 Å². The van der Waals surface area contributed by atoms with Gasteiger partial charge in [-0.3, -0.25) is 9.59 Å². The molecule has 3 rings (SSSR count). The lowest BCUT2D eigenvalue weighted by molar-refractivity contribution is -0.274. The van der Waals surface area contributed by atoms with Gasteiger partial charge in [-0.15, -0.1) is 13.2 Å². The maximum Gasteiger partial charge on any atom is 0.573 e. The van der Waals surface area contributed by atoms with E-state index in [0.717, 1.165) is 18.3 Å². The van der Waals surface area contributed by atoms with Crippen molar-refractivity contribution in [1.82, 2.24) is 4.90 Å². The first-order valence-electron chi connectivity index (χ1n) is 10.5. The molecule has 1 aliphatic heterocycles. The van der Waals surface area contributed by atoms with Crippen molar-refractivity contribution in [2.75, 3.05) is 11.9 Å². The molecule has 10 heteroatoms. The maximum atomic E-state index is 13.6. The molecule has 0 aliphatic carbocycles. The molecule has 2 atom stereocenters. The Hall–Kier alpha value is -3.82. The number of nitrogens with one attached hydrogen (secondary N) is 2. The van der Waals surface area contributed by atoms with Gasteiger partial charge < -0.3 is 26.1 Å². The fourth-order valence-electron chi connectivity index (χ4n) is 4.06. The Labute approximate surface area is 194 Å². The summed E-state index contributed by atoms with van der Waals surface area (Å²) >= 11 is 0. The summed E-state index contributed by atoms with van der Waals surface area (Å²) in [6.45, 7) is 4.15. The molecule has 0 radical (unpaired) electrons. The standard InChI is InChI=1S/C24H25F3N4O3/c1-14(2)13-31-21(15(11-28)12-29)20(18-8-3-4-9-19(18)23(31)33)22(32)30-16-6-5-7-17(10-16)34-24(25,26)27/h3-12,14,20-21,28H,13,29H2,1-2H3,(H,30,32)/b15-12+,28-11?/t20-,21+/m1/s1. The number of anilines is 1. The first-order valence-corrected chi connectivity index (χ1v) is 10.5. The Balaban J connectivity index is 2.06. The second-order valence-electron chi connectivity index (χ2n) is 8.24. The van der Waals surface area contributed by atoms with Crippen LogP contribution in [0.5, 0.6) is 5.75 Å². The number of hydrogen-bond acceptors (Lipinski definition) is 5. The van der Waals surface area contributed by atoms with Gasteiger partial charge in [0.25, 0.3) is 5.91 Å². The van der Waals surface area contributed by atoms with Gasteiger partial charge in [-0.1, -0.05) is 38.1 Å². The average Bonchev–Trinajstić information content (AvgIpc) is 2.76. The fourth-order valence-corrected chi connectivity index (χ4v) is 4.06. The van der Waals surface area contributed by atoms with Crippen LogP contribution in [0.4, 0.5) is 18.9 Å². The number of benzene rings is 2. The van der Waals surface area contributed by atoms with Gasteiger partial charge in [0.2, 0.25) is 5.91 Å². The molecule has 0 spiro atoms. The molecule has 2 amide bonds. The fraction of sp³-hybridized carbons (Fsp3) is 0.292. The summed E-state index contributed by atoms with van der Waals surface area (Å²) in [5.74, 6) is -2.24. The third-order valence-electron chi connectivity index (χ3n) is 5.32. The number of fused-ring (bicyclic) bond motifs is 1. The average molecular weight is 474 g/mol. The van der Waals surface area contributed by atoms with Gasteiger partial charge in [0, 0.05) is 41.8 Å². The van der Waals surface area contributed by atoms with E-state index < -0.39 is 30.0 Å². The van der Waals surface area contributed by atoms with E-state index in [9.17, 15) is 22.8 Å².